The van der Waals surface area contributed by atoms with E-state index in [1.54, 1.807) is 34.3 Å². The van der Waals surface area contributed by atoms with Crippen LogP contribution in [0.1, 0.15) is 37.2 Å². The maximum Gasteiger partial charge on any atom is 0.409 e. The molecular formula is C21H25N5O3S. The van der Waals surface area contributed by atoms with Crippen molar-refractivity contribution in [1.29, 1.82) is 0 Å². The number of nitrogens with zero attached hydrogens (tertiary/aromatic N) is 5. The van der Waals surface area contributed by atoms with Gasteiger partial charge in [-0.2, -0.15) is 5.10 Å². The number of fused-ring (bicyclic) bond motifs is 1. The van der Waals surface area contributed by atoms with Gasteiger partial charge < -0.3 is 14.5 Å². The number of carbonyl (C=O) groups is 2. The smallest absolute Gasteiger partial charge is 0.409 e. The van der Waals surface area contributed by atoms with E-state index >= 15 is 0 Å². The van der Waals surface area contributed by atoms with Crippen LogP contribution < -0.4 is 0 Å². The number of amides is 2. The van der Waals surface area contributed by atoms with E-state index in [1.807, 2.05) is 42.1 Å². The molecule has 0 bridgehead atoms. The average Bonchev–Trinajstić information content (AvgIpc) is 3.42. The number of aromatic nitrogens is 3. The van der Waals surface area contributed by atoms with E-state index < -0.39 is 0 Å². The minimum absolute atomic E-state index is 0.0629. The van der Waals surface area contributed by atoms with Crippen molar-refractivity contribution in [2.24, 2.45) is 0 Å². The maximum absolute atomic E-state index is 13.4. The number of hydrogen-bond donors (Lipinski definition) is 0. The lowest BCUT2D eigenvalue weighted by atomic mass is 10.1. The Bertz CT molecular complexity index is 1050. The maximum atomic E-state index is 13.4. The summed E-state index contributed by atoms with van der Waals surface area (Å²) in [4.78, 5) is 34.6. The zero-order valence-corrected chi connectivity index (χ0v) is 18.2. The molecule has 1 fully saturated rings. The van der Waals surface area contributed by atoms with Gasteiger partial charge in [0.1, 0.15) is 0 Å². The van der Waals surface area contributed by atoms with Crippen LogP contribution in [0.2, 0.25) is 0 Å². The molecule has 0 N–H and O–H groups in total. The molecule has 9 heteroatoms. The highest BCUT2D eigenvalue weighted by Crippen LogP contribution is 2.29. The molecule has 1 aliphatic heterocycles. The first kappa shape index (κ1) is 20.3. The van der Waals surface area contributed by atoms with E-state index in [1.165, 1.54) is 0 Å². The number of hydrogen-bond acceptors (Lipinski definition) is 6. The van der Waals surface area contributed by atoms with Crippen molar-refractivity contribution < 1.29 is 14.3 Å². The minimum Gasteiger partial charge on any atom is -0.450 e. The molecule has 3 aromatic rings. The van der Waals surface area contributed by atoms with Gasteiger partial charge in [-0.15, -0.1) is 11.3 Å². The summed E-state index contributed by atoms with van der Waals surface area (Å²) < 4.78 is 6.92. The Morgan fingerprint density at radius 2 is 1.93 bits per heavy atom. The average molecular weight is 428 g/mol. The SMILES string of the molecule is CCOC(=O)N1CCN(C(=O)c2cc(-c3cccs3)nc3c2cnn3C(C)C)CC1. The van der Waals surface area contributed by atoms with E-state index in [2.05, 4.69) is 5.10 Å². The molecule has 2 amide bonds. The van der Waals surface area contributed by atoms with Crippen LogP contribution in [0.3, 0.4) is 0 Å². The first-order chi connectivity index (χ1) is 14.5. The Kier molecular flexibility index (Phi) is 5.72. The number of ether oxygens (including phenoxy) is 1. The molecule has 0 radical (unpaired) electrons. The van der Waals surface area contributed by atoms with Crippen molar-refractivity contribution in [3.05, 3.63) is 35.3 Å². The van der Waals surface area contributed by atoms with Crippen LogP contribution in [0.25, 0.3) is 21.6 Å². The van der Waals surface area contributed by atoms with Gasteiger partial charge in [0.2, 0.25) is 0 Å². The molecular weight excluding hydrogens is 402 g/mol. The highest BCUT2D eigenvalue weighted by atomic mass is 32.1. The Morgan fingerprint density at radius 3 is 2.57 bits per heavy atom. The Labute approximate surface area is 179 Å². The fraction of sp³-hybridized carbons (Fsp3) is 0.429. The summed E-state index contributed by atoms with van der Waals surface area (Å²) in [6.45, 7) is 8.07. The first-order valence-electron chi connectivity index (χ1n) is 10.1. The molecule has 8 nitrogen and oxygen atoms in total. The van der Waals surface area contributed by atoms with Crippen LogP contribution in [0, 0.1) is 0 Å². The first-order valence-corrected chi connectivity index (χ1v) is 11.0. The predicted molar refractivity (Wildman–Crippen MR) is 116 cm³/mol. The summed E-state index contributed by atoms with van der Waals surface area (Å²) in [5, 5.41) is 7.23. The largest absolute Gasteiger partial charge is 0.450 e. The molecule has 158 valence electrons. The number of rotatable bonds is 4. The third kappa shape index (κ3) is 3.77. The number of carbonyl (C=O) groups excluding carboxylic acids is 2. The van der Waals surface area contributed by atoms with E-state index in [4.69, 9.17) is 9.72 Å². The summed E-state index contributed by atoms with van der Waals surface area (Å²) in [6.07, 6.45) is 1.40. The number of thiophene rings is 1. The fourth-order valence-electron chi connectivity index (χ4n) is 3.60. The minimum atomic E-state index is -0.325. The van der Waals surface area contributed by atoms with Crippen molar-refractivity contribution in [2.45, 2.75) is 26.8 Å². The van der Waals surface area contributed by atoms with Crippen molar-refractivity contribution in [1.82, 2.24) is 24.6 Å². The molecule has 4 heterocycles. The van der Waals surface area contributed by atoms with Crippen molar-refractivity contribution >= 4 is 34.4 Å². The lowest BCUT2D eigenvalue weighted by molar-refractivity contribution is 0.0572. The zero-order valence-electron chi connectivity index (χ0n) is 17.4. The number of piperazine rings is 1. The summed E-state index contributed by atoms with van der Waals surface area (Å²) in [6, 6.07) is 5.97. The second kappa shape index (κ2) is 8.43. The molecule has 30 heavy (non-hydrogen) atoms. The molecule has 0 aromatic carbocycles. The molecule has 1 aliphatic rings. The second-order valence-electron chi connectivity index (χ2n) is 7.43. The van der Waals surface area contributed by atoms with Crippen LogP contribution in [0.15, 0.2) is 29.8 Å². The Hall–Kier alpha value is -2.94. The fourth-order valence-corrected chi connectivity index (χ4v) is 4.29. The van der Waals surface area contributed by atoms with Crippen LogP contribution in [0.5, 0.6) is 0 Å². The van der Waals surface area contributed by atoms with Gasteiger partial charge in [-0.25, -0.2) is 14.5 Å². The van der Waals surface area contributed by atoms with E-state index in [0.29, 0.717) is 44.0 Å². The summed E-state index contributed by atoms with van der Waals surface area (Å²) in [5.41, 5.74) is 2.08. The molecule has 0 spiro atoms. The highest BCUT2D eigenvalue weighted by molar-refractivity contribution is 7.13. The molecule has 1 saturated heterocycles. The standard InChI is InChI=1S/C21H25N5O3S/c1-4-29-21(28)25-9-7-24(8-10-25)20(27)15-12-17(18-6-5-11-30-18)23-19-16(15)13-22-26(19)14(2)3/h5-6,11-14H,4,7-10H2,1-3H3. The van der Waals surface area contributed by atoms with Crippen LogP contribution in [-0.2, 0) is 4.74 Å². The highest BCUT2D eigenvalue weighted by Gasteiger charge is 2.28. The molecule has 0 atom stereocenters. The Balaban J connectivity index is 1.66. The van der Waals surface area contributed by atoms with Gasteiger partial charge in [-0.1, -0.05) is 6.07 Å². The van der Waals surface area contributed by atoms with Gasteiger partial charge in [0, 0.05) is 32.2 Å². The third-order valence-electron chi connectivity index (χ3n) is 5.15. The van der Waals surface area contributed by atoms with Crippen LogP contribution in [-0.4, -0.2) is 69.4 Å². The number of pyridine rings is 1. The van der Waals surface area contributed by atoms with E-state index in [-0.39, 0.29) is 18.0 Å². The van der Waals surface area contributed by atoms with Crippen molar-refractivity contribution in [3.8, 4) is 10.6 Å². The lowest BCUT2D eigenvalue weighted by Gasteiger charge is -2.34. The van der Waals surface area contributed by atoms with Crippen molar-refractivity contribution in [2.75, 3.05) is 32.8 Å². The molecule has 0 unspecified atom stereocenters. The van der Waals surface area contributed by atoms with Gasteiger partial charge in [-0.3, -0.25) is 4.79 Å². The summed E-state index contributed by atoms with van der Waals surface area (Å²) in [7, 11) is 0. The van der Waals surface area contributed by atoms with E-state index in [9.17, 15) is 9.59 Å². The third-order valence-corrected chi connectivity index (χ3v) is 6.05. The zero-order chi connectivity index (χ0) is 21.3. The lowest BCUT2D eigenvalue weighted by Crippen LogP contribution is -2.50. The Morgan fingerprint density at radius 1 is 1.20 bits per heavy atom. The van der Waals surface area contributed by atoms with Crippen molar-refractivity contribution in [3.63, 3.8) is 0 Å². The van der Waals surface area contributed by atoms with Gasteiger partial charge >= 0.3 is 6.09 Å². The predicted octanol–water partition coefficient (Wildman–Crippen LogP) is 3.66. The van der Waals surface area contributed by atoms with Crippen LogP contribution in [0.4, 0.5) is 4.79 Å². The summed E-state index contributed by atoms with van der Waals surface area (Å²) in [5.74, 6) is -0.0629. The van der Waals surface area contributed by atoms with Gasteiger partial charge in [0.05, 0.1) is 34.3 Å². The quantitative estimate of drug-likeness (QED) is 0.635. The molecule has 0 aliphatic carbocycles. The van der Waals surface area contributed by atoms with E-state index in [0.717, 1.165) is 16.0 Å². The normalized spacial score (nSPS) is 14.5. The monoisotopic (exact) mass is 427 g/mol. The molecule has 3 aromatic heterocycles. The topological polar surface area (TPSA) is 80.6 Å². The van der Waals surface area contributed by atoms with Gasteiger partial charge in [0.25, 0.3) is 5.91 Å². The molecule has 4 rings (SSSR count). The van der Waals surface area contributed by atoms with Gasteiger partial charge in [0.15, 0.2) is 5.65 Å². The van der Waals surface area contributed by atoms with Gasteiger partial charge in [-0.05, 0) is 38.3 Å². The second-order valence-corrected chi connectivity index (χ2v) is 8.38. The van der Waals surface area contributed by atoms with Crippen LogP contribution >= 0.6 is 11.3 Å². The summed E-state index contributed by atoms with van der Waals surface area (Å²) >= 11 is 1.59. The molecule has 0 saturated carbocycles.